The fourth-order valence-electron chi connectivity index (χ4n) is 2.88. The van der Waals surface area contributed by atoms with Gasteiger partial charge in [0.05, 0.1) is 30.5 Å². The fraction of sp³-hybridized carbons (Fsp3) is 0.389. The largest absolute Gasteiger partial charge is 0.354 e. The second-order valence-electron chi connectivity index (χ2n) is 6.18. The molecule has 0 aliphatic carbocycles. The number of amides is 1. The van der Waals surface area contributed by atoms with E-state index in [4.69, 9.17) is 0 Å². The number of benzene rings is 1. The number of fused-ring (bicyclic) bond motifs is 1. The molecule has 6 nitrogen and oxygen atoms in total. The van der Waals surface area contributed by atoms with Gasteiger partial charge >= 0.3 is 0 Å². The van der Waals surface area contributed by atoms with Crippen LogP contribution in [0.2, 0.25) is 0 Å². The molecular formula is C18H23N5O. The van der Waals surface area contributed by atoms with Gasteiger partial charge in [-0.2, -0.15) is 10.2 Å². The van der Waals surface area contributed by atoms with Gasteiger partial charge in [-0.1, -0.05) is 11.6 Å². The minimum Gasteiger partial charge on any atom is -0.354 e. The van der Waals surface area contributed by atoms with Crippen molar-refractivity contribution < 1.29 is 4.79 Å². The molecule has 0 radical (unpaired) electrons. The summed E-state index contributed by atoms with van der Waals surface area (Å²) in [7, 11) is 0. The van der Waals surface area contributed by atoms with Crippen LogP contribution in [-0.4, -0.2) is 32.0 Å². The first-order valence-electron chi connectivity index (χ1n) is 8.23. The van der Waals surface area contributed by atoms with Crippen molar-refractivity contribution in [3.63, 3.8) is 0 Å². The van der Waals surface area contributed by atoms with E-state index in [1.165, 1.54) is 5.56 Å². The van der Waals surface area contributed by atoms with E-state index in [9.17, 15) is 4.79 Å². The Morgan fingerprint density at radius 2 is 1.96 bits per heavy atom. The lowest BCUT2D eigenvalue weighted by atomic mass is 10.2. The van der Waals surface area contributed by atoms with Gasteiger partial charge in [-0.05, 0) is 39.0 Å². The number of carbonyl (C=O) groups excluding carboxylic acids is 1. The first-order valence-corrected chi connectivity index (χ1v) is 8.23. The third-order valence-electron chi connectivity index (χ3n) is 4.10. The Hall–Kier alpha value is -2.63. The summed E-state index contributed by atoms with van der Waals surface area (Å²) in [5, 5.41) is 12.8. The molecule has 3 aromatic rings. The van der Waals surface area contributed by atoms with Crippen LogP contribution in [0.5, 0.6) is 0 Å². The van der Waals surface area contributed by atoms with Crippen LogP contribution in [0.15, 0.2) is 30.5 Å². The summed E-state index contributed by atoms with van der Waals surface area (Å²) in [6.07, 6.45) is 2.27. The quantitative estimate of drug-likeness (QED) is 0.757. The number of nitrogens with one attached hydrogen (secondary N) is 1. The number of nitrogens with zero attached hydrogens (tertiary/aromatic N) is 4. The minimum absolute atomic E-state index is 0.0345. The fourth-order valence-corrected chi connectivity index (χ4v) is 2.88. The van der Waals surface area contributed by atoms with Gasteiger partial charge in [-0.3, -0.25) is 14.2 Å². The highest BCUT2D eigenvalue weighted by atomic mass is 16.1. The van der Waals surface area contributed by atoms with E-state index in [0.29, 0.717) is 26.1 Å². The van der Waals surface area contributed by atoms with Crippen molar-refractivity contribution in [2.75, 3.05) is 6.54 Å². The van der Waals surface area contributed by atoms with Gasteiger partial charge in [0, 0.05) is 24.0 Å². The summed E-state index contributed by atoms with van der Waals surface area (Å²) in [6.45, 7) is 7.91. The van der Waals surface area contributed by atoms with Crippen LogP contribution in [0.1, 0.15) is 23.4 Å². The molecule has 3 rings (SSSR count). The highest BCUT2D eigenvalue weighted by Crippen LogP contribution is 2.15. The summed E-state index contributed by atoms with van der Waals surface area (Å²) in [6, 6.07) is 8.26. The van der Waals surface area contributed by atoms with E-state index in [1.54, 1.807) is 0 Å². The van der Waals surface area contributed by atoms with E-state index >= 15 is 0 Å². The standard InChI is InChI=1S/C18H23N5O/c1-13-4-5-17-16(10-13)12-20-23(17)8-6-18(24)19-7-9-22-15(3)11-14(2)21-22/h4-5,10-12H,6-9H2,1-3H3,(H,19,24). The molecule has 6 heteroatoms. The molecule has 2 aromatic heterocycles. The molecule has 0 aliphatic rings. The predicted molar refractivity (Wildman–Crippen MR) is 93.8 cm³/mol. The Morgan fingerprint density at radius 1 is 1.12 bits per heavy atom. The molecule has 2 heterocycles. The third kappa shape index (κ3) is 3.64. The minimum atomic E-state index is 0.0345. The summed E-state index contributed by atoms with van der Waals surface area (Å²) in [4.78, 5) is 12.0. The number of hydrogen-bond donors (Lipinski definition) is 1. The van der Waals surface area contributed by atoms with Crippen LogP contribution < -0.4 is 5.32 Å². The zero-order valence-corrected chi connectivity index (χ0v) is 14.4. The van der Waals surface area contributed by atoms with Crippen molar-refractivity contribution in [1.29, 1.82) is 0 Å². The molecule has 1 amide bonds. The van der Waals surface area contributed by atoms with E-state index in [2.05, 4.69) is 40.6 Å². The Labute approximate surface area is 141 Å². The lowest BCUT2D eigenvalue weighted by Gasteiger charge is -2.08. The van der Waals surface area contributed by atoms with Gasteiger partial charge in [0.2, 0.25) is 5.91 Å². The number of hydrogen-bond acceptors (Lipinski definition) is 3. The molecule has 24 heavy (non-hydrogen) atoms. The number of rotatable bonds is 6. The first-order chi connectivity index (χ1) is 11.5. The zero-order valence-electron chi connectivity index (χ0n) is 14.4. The zero-order chi connectivity index (χ0) is 17.1. The highest BCUT2D eigenvalue weighted by molar-refractivity contribution is 5.80. The Balaban J connectivity index is 1.49. The maximum absolute atomic E-state index is 12.0. The molecule has 0 aliphatic heterocycles. The van der Waals surface area contributed by atoms with Gasteiger partial charge in [0.15, 0.2) is 0 Å². The topological polar surface area (TPSA) is 64.7 Å². The van der Waals surface area contributed by atoms with Crippen molar-refractivity contribution in [3.8, 4) is 0 Å². The van der Waals surface area contributed by atoms with Crippen LogP contribution in [0, 0.1) is 20.8 Å². The number of aromatic nitrogens is 4. The van der Waals surface area contributed by atoms with Gasteiger partial charge < -0.3 is 5.32 Å². The molecular weight excluding hydrogens is 302 g/mol. The third-order valence-corrected chi connectivity index (χ3v) is 4.10. The first kappa shape index (κ1) is 16.2. The highest BCUT2D eigenvalue weighted by Gasteiger charge is 2.07. The van der Waals surface area contributed by atoms with Crippen LogP contribution in [0.4, 0.5) is 0 Å². The monoisotopic (exact) mass is 325 g/mol. The Kier molecular flexibility index (Phi) is 4.64. The number of carbonyl (C=O) groups is 1. The van der Waals surface area contributed by atoms with Crippen molar-refractivity contribution in [1.82, 2.24) is 24.9 Å². The predicted octanol–water partition coefficient (Wildman–Crippen LogP) is 2.36. The average Bonchev–Trinajstić information content (AvgIpc) is 3.07. The molecule has 0 fully saturated rings. The smallest absolute Gasteiger partial charge is 0.221 e. The number of aryl methyl sites for hydroxylation is 4. The molecule has 0 saturated carbocycles. The second kappa shape index (κ2) is 6.86. The van der Waals surface area contributed by atoms with Crippen LogP contribution in [0.3, 0.4) is 0 Å². The van der Waals surface area contributed by atoms with E-state index in [0.717, 1.165) is 22.3 Å². The van der Waals surface area contributed by atoms with Crippen molar-refractivity contribution in [3.05, 3.63) is 47.4 Å². The Morgan fingerprint density at radius 3 is 2.71 bits per heavy atom. The maximum atomic E-state index is 12.0. The van der Waals surface area contributed by atoms with Gasteiger partial charge in [-0.25, -0.2) is 0 Å². The summed E-state index contributed by atoms with van der Waals surface area (Å²) < 4.78 is 3.80. The maximum Gasteiger partial charge on any atom is 0.221 e. The molecule has 1 aromatic carbocycles. The normalized spacial score (nSPS) is 11.1. The molecule has 126 valence electrons. The molecule has 0 bridgehead atoms. The molecule has 0 saturated heterocycles. The Bertz CT molecular complexity index is 862. The SMILES string of the molecule is Cc1ccc2c(cnn2CCC(=O)NCCn2nc(C)cc2C)c1. The average molecular weight is 325 g/mol. The van der Waals surface area contributed by atoms with Crippen molar-refractivity contribution >= 4 is 16.8 Å². The van der Waals surface area contributed by atoms with Crippen LogP contribution in [-0.2, 0) is 17.9 Å². The van der Waals surface area contributed by atoms with Crippen LogP contribution in [0.25, 0.3) is 10.9 Å². The lowest BCUT2D eigenvalue weighted by molar-refractivity contribution is -0.121. The lowest BCUT2D eigenvalue weighted by Crippen LogP contribution is -2.28. The molecule has 0 spiro atoms. The summed E-state index contributed by atoms with van der Waals surface area (Å²) in [5.41, 5.74) is 4.39. The van der Waals surface area contributed by atoms with Gasteiger partial charge in [0.1, 0.15) is 0 Å². The van der Waals surface area contributed by atoms with E-state index < -0.39 is 0 Å². The van der Waals surface area contributed by atoms with Gasteiger partial charge in [0.25, 0.3) is 0 Å². The molecule has 1 N–H and O–H groups in total. The van der Waals surface area contributed by atoms with Crippen molar-refractivity contribution in [2.45, 2.75) is 40.3 Å². The molecule has 0 atom stereocenters. The van der Waals surface area contributed by atoms with E-state index in [1.807, 2.05) is 35.5 Å². The van der Waals surface area contributed by atoms with Gasteiger partial charge in [-0.15, -0.1) is 0 Å². The van der Waals surface area contributed by atoms with E-state index in [-0.39, 0.29) is 5.91 Å². The summed E-state index contributed by atoms with van der Waals surface area (Å²) in [5.74, 6) is 0.0345. The second-order valence-corrected chi connectivity index (χ2v) is 6.18. The molecule has 0 unspecified atom stereocenters. The summed E-state index contributed by atoms with van der Waals surface area (Å²) >= 11 is 0. The van der Waals surface area contributed by atoms with Crippen LogP contribution >= 0.6 is 0 Å². The van der Waals surface area contributed by atoms with Crippen molar-refractivity contribution in [2.24, 2.45) is 0 Å².